The van der Waals surface area contributed by atoms with Crippen molar-refractivity contribution >= 4 is 28.3 Å². The Bertz CT molecular complexity index is 688. The highest BCUT2D eigenvalue weighted by Crippen LogP contribution is 2.30. The lowest BCUT2D eigenvalue weighted by atomic mass is 10.0. The van der Waals surface area contributed by atoms with Crippen LogP contribution in [0.1, 0.15) is 0 Å². The maximum Gasteiger partial charge on any atom is 0.153 e. The van der Waals surface area contributed by atoms with Crippen LogP contribution in [0.15, 0.2) is 42.5 Å². The second kappa shape index (κ2) is 3.79. The van der Waals surface area contributed by atoms with Crippen molar-refractivity contribution in [2.45, 2.75) is 0 Å². The van der Waals surface area contributed by atoms with Crippen molar-refractivity contribution in [3.05, 3.63) is 47.5 Å². The van der Waals surface area contributed by atoms with Crippen LogP contribution in [0.3, 0.4) is 0 Å². The van der Waals surface area contributed by atoms with Gasteiger partial charge in [0.1, 0.15) is 0 Å². The van der Waals surface area contributed by atoms with E-state index in [1.54, 1.807) is 0 Å². The number of H-pyrrole nitrogens is 1. The number of aromatic nitrogens is 2. The van der Waals surface area contributed by atoms with Gasteiger partial charge in [0.2, 0.25) is 0 Å². The normalized spacial score (nSPS) is 10.9. The van der Waals surface area contributed by atoms with Crippen LogP contribution < -0.4 is 5.73 Å². The number of nitrogens with zero attached hydrogens (tertiary/aromatic N) is 1. The summed E-state index contributed by atoms with van der Waals surface area (Å²) < 4.78 is 0. The van der Waals surface area contributed by atoms with Crippen LogP contribution >= 0.6 is 11.6 Å². The third kappa shape index (κ3) is 1.65. The van der Waals surface area contributed by atoms with E-state index in [0.717, 1.165) is 27.1 Å². The summed E-state index contributed by atoms with van der Waals surface area (Å²) in [6.45, 7) is 0. The van der Waals surface area contributed by atoms with Gasteiger partial charge in [-0.15, -0.1) is 0 Å². The quantitative estimate of drug-likeness (QED) is 0.688. The third-order valence-corrected chi connectivity index (χ3v) is 3.11. The second-order valence-corrected chi connectivity index (χ2v) is 4.26. The Kier molecular flexibility index (Phi) is 2.27. The van der Waals surface area contributed by atoms with Crippen molar-refractivity contribution in [1.82, 2.24) is 10.2 Å². The predicted molar refractivity (Wildman–Crippen MR) is 71.0 cm³/mol. The molecule has 0 fully saturated rings. The number of benzene rings is 2. The number of hydrogen-bond acceptors (Lipinski definition) is 2. The molecule has 17 heavy (non-hydrogen) atoms. The number of halogens is 1. The fourth-order valence-corrected chi connectivity index (χ4v) is 2.15. The van der Waals surface area contributed by atoms with E-state index in [4.69, 9.17) is 17.3 Å². The summed E-state index contributed by atoms with van der Waals surface area (Å²) in [6.07, 6.45) is 0. The first-order valence-electron chi connectivity index (χ1n) is 5.24. The monoisotopic (exact) mass is 243 g/mol. The van der Waals surface area contributed by atoms with Crippen molar-refractivity contribution in [2.75, 3.05) is 5.73 Å². The van der Waals surface area contributed by atoms with Crippen LogP contribution in [-0.2, 0) is 0 Å². The molecule has 3 N–H and O–H groups in total. The van der Waals surface area contributed by atoms with Gasteiger partial charge >= 0.3 is 0 Å². The predicted octanol–water partition coefficient (Wildman–Crippen LogP) is 3.47. The van der Waals surface area contributed by atoms with Crippen LogP contribution in [-0.4, -0.2) is 10.2 Å². The average Bonchev–Trinajstić information content (AvgIpc) is 2.71. The lowest BCUT2D eigenvalue weighted by Crippen LogP contribution is -1.83. The van der Waals surface area contributed by atoms with Gasteiger partial charge in [-0.25, -0.2) is 0 Å². The number of rotatable bonds is 1. The molecule has 0 spiro atoms. The van der Waals surface area contributed by atoms with Crippen molar-refractivity contribution in [1.29, 1.82) is 0 Å². The molecule has 1 aromatic heterocycles. The maximum atomic E-state index is 6.16. The van der Waals surface area contributed by atoms with Crippen LogP contribution in [0.4, 0.5) is 5.82 Å². The number of fused-ring (bicyclic) bond motifs is 1. The summed E-state index contributed by atoms with van der Waals surface area (Å²) >= 11 is 6.16. The Hall–Kier alpha value is -2.00. The Morgan fingerprint density at radius 2 is 1.94 bits per heavy atom. The fourth-order valence-electron chi connectivity index (χ4n) is 1.90. The molecule has 0 aliphatic heterocycles. The molecular weight excluding hydrogens is 234 g/mol. The molecule has 0 bridgehead atoms. The van der Waals surface area contributed by atoms with Gasteiger partial charge in [-0.2, -0.15) is 5.10 Å². The van der Waals surface area contributed by atoms with Gasteiger partial charge in [0.25, 0.3) is 0 Å². The SMILES string of the molecule is Nc1n[nH]c2cc(-c3ccccc3Cl)ccc12. The minimum atomic E-state index is 0.519. The van der Waals surface area contributed by atoms with Gasteiger partial charge in [0.15, 0.2) is 5.82 Å². The summed E-state index contributed by atoms with van der Waals surface area (Å²) in [5, 5.41) is 8.54. The molecule has 3 nitrogen and oxygen atoms in total. The molecule has 0 aliphatic rings. The zero-order valence-electron chi connectivity index (χ0n) is 8.94. The molecule has 0 radical (unpaired) electrons. The fraction of sp³-hybridized carbons (Fsp3) is 0. The number of nitrogen functional groups attached to an aromatic ring is 1. The molecule has 2 aromatic carbocycles. The number of anilines is 1. The van der Waals surface area contributed by atoms with Crippen molar-refractivity contribution in [2.24, 2.45) is 0 Å². The largest absolute Gasteiger partial charge is 0.382 e. The van der Waals surface area contributed by atoms with E-state index < -0.39 is 0 Å². The molecule has 3 rings (SSSR count). The van der Waals surface area contributed by atoms with Crippen molar-refractivity contribution in [3.63, 3.8) is 0 Å². The Labute approximate surface area is 103 Å². The van der Waals surface area contributed by atoms with Gasteiger partial charge in [-0.05, 0) is 23.8 Å². The number of nitrogens with one attached hydrogen (secondary N) is 1. The smallest absolute Gasteiger partial charge is 0.153 e. The topological polar surface area (TPSA) is 54.7 Å². The molecule has 0 saturated heterocycles. The molecule has 3 aromatic rings. The highest BCUT2D eigenvalue weighted by atomic mass is 35.5. The van der Waals surface area contributed by atoms with E-state index in [0.29, 0.717) is 5.82 Å². The van der Waals surface area contributed by atoms with E-state index >= 15 is 0 Å². The maximum absolute atomic E-state index is 6.16. The van der Waals surface area contributed by atoms with Crippen molar-refractivity contribution in [3.8, 4) is 11.1 Å². The van der Waals surface area contributed by atoms with Gasteiger partial charge in [0.05, 0.1) is 5.52 Å². The molecule has 0 unspecified atom stereocenters. The molecular formula is C13H10ClN3. The third-order valence-electron chi connectivity index (χ3n) is 2.78. The Morgan fingerprint density at radius 3 is 2.76 bits per heavy atom. The lowest BCUT2D eigenvalue weighted by molar-refractivity contribution is 1.13. The average molecular weight is 244 g/mol. The van der Waals surface area contributed by atoms with E-state index in [1.807, 2.05) is 42.5 Å². The van der Waals surface area contributed by atoms with Crippen LogP contribution in [0, 0.1) is 0 Å². The second-order valence-electron chi connectivity index (χ2n) is 3.85. The first-order valence-corrected chi connectivity index (χ1v) is 5.62. The summed E-state index contributed by atoms with van der Waals surface area (Å²) in [7, 11) is 0. The zero-order valence-corrected chi connectivity index (χ0v) is 9.70. The van der Waals surface area contributed by atoms with E-state index in [9.17, 15) is 0 Å². The molecule has 0 atom stereocenters. The standard InChI is InChI=1S/C13H10ClN3/c14-11-4-2-1-3-9(11)8-5-6-10-12(7-8)16-17-13(10)15/h1-7H,(H3,15,16,17). The van der Waals surface area contributed by atoms with Crippen molar-refractivity contribution < 1.29 is 0 Å². The number of nitrogens with two attached hydrogens (primary N) is 1. The highest BCUT2D eigenvalue weighted by molar-refractivity contribution is 6.33. The highest BCUT2D eigenvalue weighted by Gasteiger charge is 2.06. The molecule has 0 aliphatic carbocycles. The minimum absolute atomic E-state index is 0.519. The van der Waals surface area contributed by atoms with Gasteiger partial charge in [-0.1, -0.05) is 35.9 Å². The minimum Gasteiger partial charge on any atom is -0.382 e. The molecule has 1 heterocycles. The van der Waals surface area contributed by atoms with Gasteiger partial charge < -0.3 is 5.73 Å². The first kappa shape index (κ1) is 10.2. The van der Waals surface area contributed by atoms with Crippen LogP contribution in [0.5, 0.6) is 0 Å². The molecule has 4 heteroatoms. The summed E-state index contributed by atoms with van der Waals surface area (Å²) in [5.74, 6) is 0.519. The Morgan fingerprint density at radius 1 is 1.12 bits per heavy atom. The summed E-state index contributed by atoms with van der Waals surface area (Å²) in [6, 6.07) is 13.7. The number of aromatic amines is 1. The van der Waals surface area contributed by atoms with Gasteiger partial charge in [-0.3, -0.25) is 5.10 Å². The number of hydrogen-bond donors (Lipinski definition) is 2. The molecule has 0 saturated carbocycles. The zero-order chi connectivity index (χ0) is 11.8. The van der Waals surface area contributed by atoms with Crippen LogP contribution in [0.2, 0.25) is 5.02 Å². The van der Waals surface area contributed by atoms with Gasteiger partial charge in [0, 0.05) is 16.0 Å². The Balaban J connectivity index is 2.22. The van der Waals surface area contributed by atoms with Crippen LogP contribution in [0.25, 0.3) is 22.0 Å². The lowest BCUT2D eigenvalue weighted by Gasteiger charge is -2.04. The van der Waals surface area contributed by atoms with E-state index in [2.05, 4.69) is 10.2 Å². The van der Waals surface area contributed by atoms with E-state index in [-0.39, 0.29) is 0 Å². The molecule has 84 valence electrons. The molecule has 0 amide bonds. The summed E-state index contributed by atoms with van der Waals surface area (Å²) in [5.41, 5.74) is 8.69. The van der Waals surface area contributed by atoms with E-state index in [1.165, 1.54) is 0 Å². The first-order chi connectivity index (χ1) is 8.25. The summed E-state index contributed by atoms with van der Waals surface area (Å²) in [4.78, 5) is 0.